The number of fused-ring (bicyclic) bond motifs is 3. The molecule has 15 heavy (non-hydrogen) atoms. The molecule has 0 atom stereocenters. The van der Waals surface area contributed by atoms with Crippen LogP contribution in [-0.2, 0) is 0 Å². The van der Waals surface area contributed by atoms with Crippen molar-refractivity contribution in [3.63, 3.8) is 0 Å². The molecule has 0 spiro atoms. The van der Waals surface area contributed by atoms with Crippen LogP contribution in [0.2, 0.25) is 0 Å². The van der Waals surface area contributed by atoms with Crippen LogP contribution in [0, 0.1) is 20.8 Å². The van der Waals surface area contributed by atoms with Gasteiger partial charge in [0.05, 0.1) is 15.2 Å². The van der Waals surface area contributed by atoms with Crippen molar-refractivity contribution in [2.45, 2.75) is 20.8 Å². The van der Waals surface area contributed by atoms with Gasteiger partial charge in [-0.25, -0.2) is 4.98 Å². The molecule has 0 bridgehead atoms. The Hall–Kier alpha value is -0.930. The van der Waals surface area contributed by atoms with E-state index in [9.17, 15) is 0 Å². The lowest BCUT2D eigenvalue weighted by Gasteiger charge is -1.95. The fourth-order valence-corrected chi connectivity index (χ4v) is 3.91. The molecule has 1 nitrogen and oxygen atoms in total. The summed E-state index contributed by atoms with van der Waals surface area (Å²) in [6, 6.07) is 4.52. The normalized spacial score (nSPS) is 11.7. The molecule has 2 aromatic heterocycles. The number of thiophene rings is 1. The van der Waals surface area contributed by atoms with Crippen LogP contribution < -0.4 is 0 Å². The van der Waals surface area contributed by atoms with E-state index in [2.05, 4.69) is 37.9 Å². The second kappa shape index (κ2) is 3.03. The first-order chi connectivity index (χ1) is 7.15. The van der Waals surface area contributed by atoms with Gasteiger partial charge in [-0.2, -0.15) is 0 Å². The first-order valence-corrected chi connectivity index (χ1v) is 6.55. The van der Waals surface area contributed by atoms with Crippen LogP contribution in [-0.4, -0.2) is 4.98 Å². The summed E-state index contributed by atoms with van der Waals surface area (Å²) in [7, 11) is 0. The molecule has 3 heteroatoms. The molecule has 0 aliphatic carbocycles. The van der Waals surface area contributed by atoms with Crippen LogP contribution in [0.4, 0.5) is 0 Å². The van der Waals surface area contributed by atoms with Crippen molar-refractivity contribution in [3.05, 3.63) is 27.6 Å². The molecule has 76 valence electrons. The molecule has 0 unspecified atom stereocenters. The standard InChI is InChI=1S/C12H11NS2/c1-6-4-10-11(13-8(3)15-10)9-5-7(2)14-12(6)9/h4-5H,1-3H3. The third-order valence-electron chi connectivity index (χ3n) is 2.58. The van der Waals surface area contributed by atoms with Crippen molar-refractivity contribution < 1.29 is 0 Å². The van der Waals surface area contributed by atoms with Gasteiger partial charge >= 0.3 is 0 Å². The summed E-state index contributed by atoms with van der Waals surface area (Å²) >= 11 is 3.65. The molecule has 0 aliphatic heterocycles. The third kappa shape index (κ3) is 1.30. The van der Waals surface area contributed by atoms with E-state index in [1.165, 1.54) is 30.7 Å². The zero-order chi connectivity index (χ0) is 10.6. The number of rotatable bonds is 0. The van der Waals surface area contributed by atoms with Crippen LogP contribution in [0.15, 0.2) is 12.1 Å². The highest BCUT2D eigenvalue weighted by molar-refractivity contribution is 7.20. The first kappa shape index (κ1) is 9.31. The van der Waals surface area contributed by atoms with Crippen molar-refractivity contribution in [3.8, 4) is 0 Å². The Kier molecular flexibility index (Phi) is 1.88. The van der Waals surface area contributed by atoms with Gasteiger partial charge in [0.15, 0.2) is 0 Å². The molecule has 0 N–H and O–H groups in total. The maximum Gasteiger partial charge on any atom is 0.0908 e. The quantitative estimate of drug-likeness (QED) is 0.559. The zero-order valence-corrected chi connectivity index (χ0v) is 10.6. The summed E-state index contributed by atoms with van der Waals surface area (Å²) in [6.45, 7) is 6.42. The summed E-state index contributed by atoms with van der Waals surface area (Å²) in [5.41, 5.74) is 2.56. The molecule has 0 fully saturated rings. The Balaban J connectivity index is 2.61. The maximum atomic E-state index is 4.62. The lowest BCUT2D eigenvalue weighted by Crippen LogP contribution is -1.74. The predicted molar refractivity (Wildman–Crippen MR) is 69.2 cm³/mol. The largest absolute Gasteiger partial charge is 0.241 e. The number of hydrogen-bond donors (Lipinski definition) is 0. The van der Waals surface area contributed by atoms with Gasteiger partial charge < -0.3 is 0 Å². The Morgan fingerprint density at radius 2 is 1.87 bits per heavy atom. The van der Waals surface area contributed by atoms with E-state index >= 15 is 0 Å². The van der Waals surface area contributed by atoms with Crippen molar-refractivity contribution in [2.75, 3.05) is 0 Å². The number of benzene rings is 1. The fraction of sp³-hybridized carbons (Fsp3) is 0.250. The summed E-state index contributed by atoms with van der Waals surface area (Å²) in [6.07, 6.45) is 0. The van der Waals surface area contributed by atoms with Crippen LogP contribution in [0.1, 0.15) is 15.4 Å². The fourth-order valence-electron chi connectivity index (χ4n) is 1.98. The smallest absolute Gasteiger partial charge is 0.0908 e. The monoisotopic (exact) mass is 233 g/mol. The Labute approximate surface area is 96.4 Å². The van der Waals surface area contributed by atoms with Gasteiger partial charge in [0, 0.05) is 15.0 Å². The second-order valence-electron chi connectivity index (χ2n) is 3.87. The number of nitrogens with zero attached hydrogens (tertiary/aromatic N) is 1. The van der Waals surface area contributed by atoms with Gasteiger partial charge in [-0.05, 0) is 38.5 Å². The molecular weight excluding hydrogens is 222 g/mol. The molecule has 0 saturated carbocycles. The lowest BCUT2D eigenvalue weighted by atomic mass is 10.1. The van der Waals surface area contributed by atoms with Crippen molar-refractivity contribution in [1.82, 2.24) is 4.98 Å². The molecule has 3 aromatic rings. The summed E-state index contributed by atoms with van der Waals surface area (Å²) in [5.74, 6) is 0. The van der Waals surface area contributed by atoms with Crippen molar-refractivity contribution >= 4 is 43.0 Å². The minimum Gasteiger partial charge on any atom is -0.241 e. The molecule has 0 amide bonds. The average molecular weight is 233 g/mol. The number of aromatic nitrogens is 1. The average Bonchev–Trinajstić information content (AvgIpc) is 2.68. The summed E-state index contributed by atoms with van der Waals surface area (Å²) in [5, 5.41) is 2.48. The summed E-state index contributed by atoms with van der Waals surface area (Å²) in [4.78, 5) is 5.99. The second-order valence-corrected chi connectivity index (χ2v) is 6.36. The SMILES string of the molecule is Cc1cc2c(s1)c(C)cc1sc(C)nc12. The van der Waals surface area contributed by atoms with E-state index in [4.69, 9.17) is 0 Å². The van der Waals surface area contributed by atoms with Crippen molar-refractivity contribution in [1.29, 1.82) is 0 Å². The number of thiazole rings is 1. The van der Waals surface area contributed by atoms with E-state index < -0.39 is 0 Å². The Morgan fingerprint density at radius 1 is 1.07 bits per heavy atom. The van der Waals surface area contributed by atoms with Crippen LogP contribution in [0.25, 0.3) is 20.3 Å². The Bertz CT molecular complexity index is 661. The van der Waals surface area contributed by atoms with Gasteiger partial charge in [0.1, 0.15) is 0 Å². The van der Waals surface area contributed by atoms with Gasteiger partial charge in [-0.3, -0.25) is 0 Å². The van der Waals surface area contributed by atoms with E-state index in [-0.39, 0.29) is 0 Å². The minimum absolute atomic E-state index is 1.15. The van der Waals surface area contributed by atoms with Gasteiger partial charge in [0.25, 0.3) is 0 Å². The van der Waals surface area contributed by atoms with E-state index in [1.54, 1.807) is 11.3 Å². The van der Waals surface area contributed by atoms with Crippen LogP contribution in [0.5, 0.6) is 0 Å². The minimum atomic E-state index is 1.15. The molecule has 3 rings (SSSR count). The first-order valence-electron chi connectivity index (χ1n) is 4.92. The molecule has 0 saturated heterocycles. The van der Waals surface area contributed by atoms with E-state index in [1.807, 2.05) is 11.3 Å². The lowest BCUT2D eigenvalue weighted by molar-refractivity contribution is 1.35. The molecule has 0 radical (unpaired) electrons. The maximum absolute atomic E-state index is 4.62. The highest BCUT2D eigenvalue weighted by Gasteiger charge is 2.10. The van der Waals surface area contributed by atoms with Gasteiger partial charge in [-0.1, -0.05) is 0 Å². The van der Waals surface area contributed by atoms with Crippen LogP contribution >= 0.6 is 22.7 Å². The van der Waals surface area contributed by atoms with E-state index in [0.717, 1.165) is 5.01 Å². The van der Waals surface area contributed by atoms with Gasteiger partial charge in [-0.15, -0.1) is 22.7 Å². The molecule has 1 aromatic carbocycles. The predicted octanol–water partition coefficient (Wildman–Crippen LogP) is 4.44. The van der Waals surface area contributed by atoms with Crippen LogP contribution in [0.3, 0.4) is 0 Å². The molecule has 2 heterocycles. The highest BCUT2D eigenvalue weighted by atomic mass is 32.1. The molecular formula is C12H11NS2. The Morgan fingerprint density at radius 3 is 2.67 bits per heavy atom. The van der Waals surface area contributed by atoms with Crippen molar-refractivity contribution in [2.24, 2.45) is 0 Å². The zero-order valence-electron chi connectivity index (χ0n) is 8.92. The highest BCUT2D eigenvalue weighted by Crippen LogP contribution is 2.36. The summed E-state index contributed by atoms with van der Waals surface area (Å²) < 4.78 is 2.71. The topological polar surface area (TPSA) is 12.9 Å². The number of aryl methyl sites for hydroxylation is 3. The molecule has 0 aliphatic rings. The van der Waals surface area contributed by atoms with E-state index in [0.29, 0.717) is 0 Å². The third-order valence-corrected chi connectivity index (χ3v) is 4.68. The number of hydrogen-bond acceptors (Lipinski definition) is 3. The van der Waals surface area contributed by atoms with Gasteiger partial charge in [0.2, 0.25) is 0 Å².